The van der Waals surface area contributed by atoms with Crippen LogP contribution in [0.15, 0.2) is 30.3 Å². The third-order valence-corrected chi connectivity index (χ3v) is 6.33. The first-order valence-corrected chi connectivity index (χ1v) is 10.7. The van der Waals surface area contributed by atoms with Gasteiger partial charge >= 0.3 is 0 Å². The summed E-state index contributed by atoms with van der Waals surface area (Å²) < 4.78 is 0.541. The van der Waals surface area contributed by atoms with E-state index in [1.807, 2.05) is 6.07 Å². The van der Waals surface area contributed by atoms with Crippen molar-refractivity contribution in [2.45, 2.75) is 39.2 Å². The smallest absolute Gasteiger partial charge is 0.262 e. The molecule has 3 rings (SSSR count). The van der Waals surface area contributed by atoms with Gasteiger partial charge in [0.2, 0.25) is 5.91 Å². The van der Waals surface area contributed by atoms with Crippen LogP contribution in [0.5, 0.6) is 0 Å². The van der Waals surface area contributed by atoms with Crippen LogP contribution in [0.1, 0.15) is 41.6 Å². The molecule has 0 atom stereocenters. The number of carbonyl (C=O) groups is 2. The van der Waals surface area contributed by atoms with Gasteiger partial charge in [0, 0.05) is 18.8 Å². The number of nitrogens with zero attached hydrogens (tertiary/aromatic N) is 1. The number of benzene rings is 1. The van der Waals surface area contributed by atoms with Crippen molar-refractivity contribution in [3.05, 3.63) is 50.7 Å². The Morgan fingerprint density at radius 1 is 1.14 bits per heavy atom. The molecule has 0 spiro atoms. The molecule has 0 bridgehead atoms. The van der Waals surface area contributed by atoms with Crippen LogP contribution in [0.3, 0.4) is 0 Å². The van der Waals surface area contributed by atoms with Gasteiger partial charge in [-0.25, -0.2) is 0 Å². The second-order valence-corrected chi connectivity index (χ2v) is 9.27. The average molecular weight is 420 g/mol. The normalized spacial score (nSPS) is 14.9. The summed E-state index contributed by atoms with van der Waals surface area (Å²) in [4.78, 5) is 28.1. The van der Waals surface area contributed by atoms with Crippen LogP contribution in [0.4, 0.5) is 5.69 Å². The predicted octanol–water partition coefficient (Wildman–Crippen LogP) is 3.97. The number of rotatable bonds is 5. The van der Waals surface area contributed by atoms with E-state index in [4.69, 9.17) is 11.6 Å². The fourth-order valence-corrected chi connectivity index (χ4v) is 4.23. The predicted molar refractivity (Wildman–Crippen MR) is 115 cm³/mol. The summed E-state index contributed by atoms with van der Waals surface area (Å²) in [6.45, 7) is 8.73. The van der Waals surface area contributed by atoms with E-state index in [1.54, 1.807) is 26.0 Å². The van der Waals surface area contributed by atoms with E-state index >= 15 is 0 Å². The van der Waals surface area contributed by atoms with Gasteiger partial charge in [-0.3, -0.25) is 9.59 Å². The molecule has 0 saturated heterocycles. The lowest BCUT2D eigenvalue weighted by molar-refractivity contribution is -0.120. The second kappa shape index (κ2) is 8.64. The van der Waals surface area contributed by atoms with Crippen molar-refractivity contribution in [2.24, 2.45) is 0 Å². The zero-order valence-corrected chi connectivity index (χ0v) is 18.0. The summed E-state index contributed by atoms with van der Waals surface area (Å²) in [7, 11) is 0. The fraction of sp³-hybridized carbons (Fsp3) is 0.429. The van der Waals surface area contributed by atoms with Crippen molar-refractivity contribution < 1.29 is 9.59 Å². The second-order valence-electron chi connectivity index (χ2n) is 7.55. The minimum atomic E-state index is -1.06. The Kier molecular flexibility index (Phi) is 6.43. The van der Waals surface area contributed by atoms with Gasteiger partial charge in [0.25, 0.3) is 5.91 Å². The molecule has 2 amide bonds. The van der Waals surface area contributed by atoms with Crippen LogP contribution < -0.4 is 10.6 Å². The lowest BCUT2D eigenvalue weighted by Gasteiger charge is -2.25. The summed E-state index contributed by atoms with van der Waals surface area (Å²) >= 11 is 7.08. The largest absolute Gasteiger partial charge is 0.337 e. The number of fused-ring (bicyclic) bond motifs is 1. The highest BCUT2D eigenvalue weighted by Gasteiger charge is 2.30. The van der Waals surface area contributed by atoms with Crippen molar-refractivity contribution >= 4 is 40.4 Å². The molecule has 28 heavy (non-hydrogen) atoms. The Morgan fingerprint density at radius 3 is 2.50 bits per heavy atom. The molecule has 150 valence electrons. The van der Waals surface area contributed by atoms with Gasteiger partial charge in [0.05, 0.1) is 9.21 Å². The van der Waals surface area contributed by atoms with Crippen molar-refractivity contribution in [2.75, 3.05) is 25.0 Å². The van der Waals surface area contributed by atoms with E-state index in [0.29, 0.717) is 9.21 Å². The third-order valence-electron chi connectivity index (χ3n) is 5.10. The van der Waals surface area contributed by atoms with Gasteiger partial charge < -0.3 is 15.5 Å². The van der Waals surface area contributed by atoms with Gasteiger partial charge in [-0.05, 0) is 68.6 Å². The van der Waals surface area contributed by atoms with Crippen LogP contribution in [0, 0.1) is 0 Å². The zero-order chi connectivity index (χ0) is 20.3. The summed E-state index contributed by atoms with van der Waals surface area (Å²) in [6.07, 6.45) is 2.01. The summed E-state index contributed by atoms with van der Waals surface area (Å²) in [6, 6.07) is 9.42. The number of hydrogen-bond acceptors (Lipinski definition) is 4. The highest BCUT2D eigenvalue weighted by molar-refractivity contribution is 7.18. The van der Waals surface area contributed by atoms with Crippen LogP contribution in [-0.4, -0.2) is 41.9 Å². The molecule has 1 aromatic carbocycles. The molecule has 0 unspecified atom stereocenters. The molecule has 1 aliphatic rings. The number of nitrogens with one attached hydrogen (secondary N) is 2. The summed E-state index contributed by atoms with van der Waals surface area (Å²) in [5.41, 5.74) is 2.33. The number of hydrogen-bond donors (Lipinski definition) is 2. The van der Waals surface area contributed by atoms with Crippen LogP contribution in [0.2, 0.25) is 4.34 Å². The quantitative estimate of drug-likeness (QED) is 0.770. The first kappa shape index (κ1) is 20.8. The maximum atomic E-state index is 12.8. The maximum absolute atomic E-state index is 12.8. The standard InChI is InChI=1S/C21H26ClN3O2S/c1-4-25-11-9-14-5-6-16(13-15(14)10-12-25)23-20(27)21(2,3)24-19(26)17-7-8-18(22)28-17/h5-8,13H,4,9-12H2,1-3H3,(H,23,27)(H,24,26). The molecule has 0 radical (unpaired) electrons. The molecule has 2 heterocycles. The van der Waals surface area contributed by atoms with Gasteiger partial charge in [-0.1, -0.05) is 24.6 Å². The Morgan fingerprint density at radius 2 is 1.86 bits per heavy atom. The van der Waals surface area contributed by atoms with Crippen molar-refractivity contribution in [1.29, 1.82) is 0 Å². The summed E-state index contributed by atoms with van der Waals surface area (Å²) in [5.74, 6) is -0.564. The summed E-state index contributed by atoms with van der Waals surface area (Å²) in [5, 5.41) is 5.74. The number of likely N-dealkylation sites (N-methyl/N-ethyl adjacent to an activating group) is 1. The maximum Gasteiger partial charge on any atom is 0.262 e. The van der Waals surface area contributed by atoms with Crippen LogP contribution in [-0.2, 0) is 17.6 Å². The molecule has 1 aromatic heterocycles. The topological polar surface area (TPSA) is 61.4 Å². The highest BCUT2D eigenvalue weighted by atomic mass is 35.5. The van der Waals surface area contributed by atoms with E-state index in [2.05, 4.69) is 34.6 Å². The number of anilines is 1. The number of amides is 2. The molecule has 2 N–H and O–H groups in total. The van der Waals surface area contributed by atoms with Gasteiger partial charge in [0.15, 0.2) is 0 Å². The Bertz CT molecular complexity index is 878. The molecule has 1 aliphatic heterocycles. The van der Waals surface area contributed by atoms with E-state index in [9.17, 15) is 9.59 Å². The van der Waals surface area contributed by atoms with Crippen molar-refractivity contribution in [3.8, 4) is 0 Å². The molecule has 0 fully saturated rings. The van der Waals surface area contributed by atoms with Crippen LogP contribution >= 0.6 is 22.9 Å². The third kappa shape index (κ3) is 4.93. The van der Waals surface area contributed by atoms with Gasteiger partial charge in [-0.15, -0.1) is 11.3 Å². The molecule has 0 aliphatic carbocycles. The zero-order valence-electron chi connectivity index (χ0n) is 16.5. The Hall–Kier alpha value is -1.89. The van der Waals surface area contributed by atoms with E-state index in [1.165, 1.54) is 22.5 Å². The molecular formula is C21H26ClN3O2S. The SMILES string of the molecule is CCN1CCc2ccc(NC(=O)C(C)(C)NC(=O)c3ccc(Cl)s3)cc2CC1. The minimum Gasteiger partial charge on any atom is -0.337 e. The first-order chi connectivity index (χ1) is 13.3. The lowest BCUT2D eigenvalue weighted by atomic mass is 10.0. The molecule has 7 heteroatoms. The van der Waals surface area contributed by atoms with Gasteiger partial charge in [-0.2, -0.15) is 0 Å². The van der Waals surface area contributed by atoms with E-state index in [-0.39, 0.29) is 11.8 Å². The van der Waals surface area contributed by atoms with Gasteiger partial charge in [0.1, 0.15) is 5.54 Å². The molecular weight excluding hydrogens is 394 g/mol. The average Bonchev–Trinajstić information content (AvgIpc) is 2.98. The first-order valence-electron chi connectivity index (χ1n) is 9.52. The van der Waals surface area contributed by atoms with E-state index < -0.39 is 5.54 Å². The van der Waals surface area contributed by atoms with Crippen LogP contribution in [0.25, 0.3) is 0 Å². The Labute approximate surface area is 175 Å². The number of halogens is 1. The minimum absolute atomic E-state index is 0.257. The van der Waals surface area contributed by atoms with Crippen molar-refractivity contribution in [3.63, 3.8) is 0 Å². The lowest BCUT2D eigenvalue weighted by Crippen LogP contribution is -2.52. The number of thiophene rings is 1. The Balaban J connectivity index is 1.67. The monoisotopic (exact) mass is 419 g/mol. The molecule has 5 nitrogen and oxygen atoms in total. The highest BCUT2D eigenvalue weighted by Crippen LogP contribution is 2.23. The fourth-order valence-electron chi connectivity index (χ4n) is 3.29. The van der Waals surface area contributed by atoms with Crippen molar-refractivity contribution in [1.82, 2.24) is 10.2 Å². The number of carbonyl (C=O) groups excluding carboxylic acids is 2. The molecule has 2 aromatic rings. The van der Waals surface area contributed by atoms with E-state index in [0.717, 1.165) is 38.2 Å². The molecule has 0 saturated carbocycles.